The zero-order valence-corrected chi connectivity index (χ0v) is 17.1. The average molecular weight is 417 g/mol. The monoisotopic (exact) mass is 417 g/mol. The molecule has 2 aromatic carbocycles. The van der Waals surface area contributed by atoms with Crippen LogP contribution >= 0.6 is 0 Å². The second-order valence-electron chi connectivity index (χ2n) is 6.34. The molecule has 8 nitrogen and oxygen atoms in total. The van der Waals surface area contributed by atoms with Crippen LogP contribution in [0.1, 0.15) is 25.3 Å². The van der Waals surface area contributed by atoms with E-state index in [1.54, 1.807) is 12.1 Å². The van der Waals surface area contributed by atoms with E-state index in [4.69, 9.17) is 0 Å². The number of amides is 1. The van der Waals surface area contributed by atoms with Crippen molar-refractivity contribution in [3.63, 3.8) is 0 Å². The maximum Gasteiger partial charge on any atom is 0.276 e. The van der Waals surface area contributed by atoms with E-state index in [-0.39, 0.29) is 10.6 Å². The number of carbonyl (C=O) groups is 1. The van der Waals surface area contributed by atoms with Gasteiger partial charge in [-0.05, 0) is 42.8 Å². The average Bonchev–Trinajstić information content (AvgIpc) is 2.71. The Bertz CT molecular complexity index is 1000. The van der Waals surface area contributed by atoms with E-state index in [9.17, 15) is 23.3 Å². The van der Waals surface area contributed by atoms with Gasteiger partial charge in [-0.2, -0.15) is 0 Å². The molecule has 1 amide bonds. The molecule has 0 unspecified atom stereocenters. The van der Waals surface area contributed by atoms with Gasteiger partial charge < -0.3 is 5.32 Å². The lowest BCUT2D eigenvalue weighted by molar-refractivity contribution is -0.385. The maximum atomic E-state index is 12.5. The topological polar surface area (TPSA) is 110 Å². The summed E-state index contributed by atoms with van der Waals surface area (Å²) in [5.41, 5.74) is 0.625. The SMILES string of the molecule is CCCCN(C)S(=O)(=O)c1ccc(NC(=O)/C=C/c2ccccc2[N+](=O)[O-])cc1. The van der Waals surface area contributed by atoms with Crippen molar-refractivity contribution in [2.75, 3.05) is 18.9 Å². The summed E-state index contributed by atoms with van der Waals surface area (Å²) in [6.45, 7) is 2.43. The minimum absolute atomic E-state index is 0.0988. The lowest BCUT2D eigenvalue weighted by Gasteiger charge is -2.17. The van der Waals surface area contributed by atoms with Crippen LogP contribution in [-0.2, 0) is 14.8 Å². The highest BCUT2D eigenvalue weighted by Crippen LogP contribution is 2.20. The molecule has 0 fully saturated rings. The van der Waals surface area contributed by atoms with Gasteiger partial charge in [-0.15, -0.1) is 0 Å². The summed E-state index contributed by atoms with van der Waals surface area (Å²) in [5.74, 6) is -0.487. The number of para-hydroxylation sites is 1. The molecule has 0 aliphatic heterocycles. The highest BCUT2D eigenvalue weighted by molar-refractivity contribution is 7.89. The molecular weight excluding hydrogens is 394 g/mol. The third-order valence-electron chi connectivity index (χ3n) is 4.20. The quantitative estimate of drug-likeness (QED) is 0.380. The number of hydrogen-bond acceptors (Lipinski definition) is 5. The third-order valence-corrected chi connectivity index (χ3v) is 6.08. The summed E-state index contributed by atoms with van der Waals surface area (Å²) in [5, 5.41) is 13.6. The highest BCUT2D eigenvalue weighted by Gasteiger charge is 2.20. The van der Waals surface area contributed by atoms with E-state index >= 15 is 0 Å². The smallest absolute Gasteiger partial charge is 0.276 e. The van der Waals surface area contributed by atoms with Crippen LogP contribution in [-0.4, -0.2) is 37.1 Å². The number of hydrogen-bond donors (Lipinski definition) is 1. The van der Waals surface area contributed by atoms with Crippen molar-refractivity contribution >= 4 is 33.4 Å². The van der Waals surface area contributed by atoms with Gasteiger partial charge in [0, 0.05) is 31.4 Å². The van der Waals surface area contributed by atoms with Crippen molar-refractivity contribution in [3.05, 3.63) is 70.3 Å². The van der Waals surface area contributed by atoms with Crippen molar-refractivity contribution < 1.29 is 18.1 Å². The van der Waals surface area contributed by atoms with Crippen LogP contribution < -0.4 is 5.32 Å². The number of unbranched alkanes of at least 4 members (excludes halogenated alkanes) is 1. The first-order valence-corrected chi connectivity index (χ1v) is 10.5. The number of sulfonamides is 1. The molecule has 0 radical (unpaired) electrons. The molecule has 0 spiro atoms. The van der Waals surface area contributed by atoms with E-state index in [0.29, 0.717) is 17.8 Å². The zero-order chi connectivity index (χ0) is 21.4. The Morgan fingerprint density at radius 2 is 1.83 bits per heavy atom. The minimum Gasteiger partial charge on any atom is -0.323 e. The van der Waals surface area contributed by atoms with Crippen molar-refractivity contribution in [3.8, 4) is 0 Å². The second kappa shape index (κ2) is 9.94. The van der Waals surface area contributed by atoms with Crippen LogP contribution in [0.4, 0.5) is 11.4 Å². The molecule has 1 N–H and O–H groups in total. The van der Waals surface area contributed by atoms with Crippen molar-refractivity contribution in [1.82, 2.24) is 4.31 Å². The van der Waals surface area contributed by atoms with Gasteiger partial charge in [0.05, 0.1) is 15.4 Å². The summed E-state index contributed by atoms with van der Waals surface area (Å²) >= 11 is 0. The number of carbonyl (C=O) groups excluding carboxylic acids is 1. The summed E-state index contributed by atoms with van der Waals surface area (Å²) in [4.78, 5) is 22.7. The van der Waals surface area contributed by atoms with Gasteiger partial charge in [-0.1, -0.05) is 25.5 Å². The number of nitrogens with one attached hydrogen (secondary N) is 1. The summed E-state index contributed by atoms with van der Waals surface area (Å²) in [6, 6.07) is 11.9. The van der Waals surface area contributed by atoms with Crippen molar-refractivity contribution in [2.24, 2.45) is 0 Å². The predicted octanol–water partition coefficient (Wildman–Crippen LogP) is 3.67. The fraction of sp³-hybridized carbons (Fsp3) is 0.250. The molecular formula is C20H23N3O5S. The van der Waals surface area contributed by atoms with Crippen molar-refractivity contribution in [1.29, 1.82) is 0 Å². The minimum atomic E-state index is -3.57. The number of nitro benzene ring substituents is 1. The molecule has 0 bridgehead atoms. The normalized spacial score (nSPS) is 11.7. The molecule has 0 atom stereocenters. The lowest BCUT2D eigenvalue weighted by atomic mass is 10.1. The van der Waals surface area contributed by atoms with Gasteiger partial charge >= 0.3 is 0 Å². The first kappa shape index (κ1) is 22.3. The Kier molecular flexibility index (Phi) is 7.63. The number of nitrogens with zero attached hydrogens (tertiary/aromatic N) is 2. The number of benzene rings is 2. The zero-order valence-electron chi connectivity index (χ0n) is 16.2. The molecule has 0 aliphatic carbocycles. The fourth-order valence-corrected chi connectivity index (χ4v) is 3.74. The molecule has 0 saturated heterocycles. The van der Waals surface area contributed by atoms with E-state index in [1.807, 2.05) is 6.92 Å². The van der Waals surface area contributed by atoms with E-state index in [1.165, 1.54) is 59.9 Å². The summed E-state index contributed by atoms with van der Waals surface area (Å²) < 4.78 is 26.3. The van der Waals surface area contributed by atoms with Crippen LogP contribution in [0.3, 0.4) is 0 Å². The lowest BCUT2D eigenvalue weighted by Crippen LogP contribution is -2.27. The Hall–Kier alpha value is -3.04. The molecule has 2 aromatic rings. The Labute approximate surface area is 170 Å². The van der Waals surface area contributed by atoms with Gasteiger partial charge in [-0.25, -0.2) is 12.7 Å². The molecule has 154 valence electrons. The first-order valence-electron chi connectivity index (χ1n) is 9.04. The maximum absolute atomic E-state index is 12.5. The van der Waals surface area contributed by atoms with E-state index in [0.717, 1.165) is 12.8 Å². The van der Waals surface area contributed by atoms with Gasteiger partial charge in [0.25, 0.3) is 5.69 Å². The largest absolute Gasteiger partial charge is 0.323 e. The second-order valence-corrected chi connectivity index (χ2v) is 8.39. The Morgan fingerprint density at radius 3 is 2.45 bits per heavy atom. The van der Waals surface area contributed by atoms with Crippen LogP contribution in [0.2, 0.25) is 0 Å². The Balaban J connectivity index is 2.06. The Morgan fingerprint density at radius 1 is 1.17 bits per heavy atom. The van der Waals surface area contributed by atoms with Gasteiger partial charge in [0.15, 0.2) is 0 Å². The number of rotatable bonds is 9. The molecule has 0 heterocycles. The molecule has 29 heavy (non-hydrogen) atoms. The predicted molar refractivity (Wildman–Crippen MR) is 112 cm³/mol. The van der Waals surface area contributed by atoms with Gasteiger partial charge in [-0.3, -0.25) is 14.9 Å². The molecule has 2 rings (SSSR count). The van der Waals surface area contributed by atoms with Crippen LogP contribution in [0.5, 0.6) is 0 Å². The first-order chi connectivity index (χ1) is 13.8. The van der Waals surface area contributed by atoms with E-state index < -0.39 is 20.9 Å². The van der Waals surface area contributed by atoms with E-state index in [2.05, 4.69) is 5.32 Å². The number of anilines is 1. The highest BCUT2D eigenvalue weighted by atomic mass is 32.2. The summed E-state index contributed by atoms with van der Waals surface area (Å²) in [6.07, 6.45) is 4.21. The molecule has 0 aromatic heterocycles. The van der Waals surface area contributed by atoms with Crippen LogP contribution in [0.15, 0.2) is 59.5 Å². The molecule has 0 aliphatic rings. The molecule has 0 saturated carbocycles. The fourth-order valence-electron chi connectivity index (χ4n) is 2.54. The molecule has 9 heteroatoms. The van der Waals surface area contributed by atoms with Crippen LogP contribution in [0.25, 0.3) is 6.08 Å². The van der Waals surface area contributed by atoms with Crippen LogP contribution in [0, 0.1) is 10.1 Å². The summed E-state index contributed by atoms with van der Waals surface area (Å²) in [7, 11) is -2.04. The van der Waals surface area contributed by atoms with Crippen molar-refractivity contribution in [2.45, 2.75) is 24.7 Å². The standard InChI is InChI=1S/C20H23N3O5S/c1-3-4-15-22(2)29(27,28)18-12-10-17(11-13-18)21-20(24)14-9-16-7-5-6-8-19(16)23(25)26/h5-14H,3-4,15H2,1-2H3,(H,21,24)/b14-9+. The third kappa shape index (κ3) is 5.97. The van der Waals surface area contributed by atoms with Gasteiger partial charge in [0.2, 0.25) is 15.9 Å². The number of nitro groups is 1. The van der Waals surface area contributed by atoms with Gasteiger partial charge in [0.1, 0.15) is 0 Å².